The van der Waals surface area contributed by atoms with E-state index in [1.807, 2.05) is 48.5 Å². The van der Waals surface area contributed by atoms with E-state index in [0.717, 1.165) is 37.6 Å². The van der Waals surface area contributed by atoms with E-state index in [2.05, 4.69) is 36.4 Å². The van der Waals surface area contributed by atoms with Gasteiger partial charge in [-0.2, -0.15) is 0 Å². The SMILES string of the molecule is COc1cc(Br)cc(-c2nnc(Nc3ccc(Cl)cc3)s2)c1-c1ccncc1. The van der Waals surface area contributed by atoms with Crippen LogP contribution >= 0.6 is 38.9 Å². The van der Waals surface area contributed by atoms with E-state index in [9.17, 15) is 0 Å². The van der Waals surface area contributed by atoms with Crippen LogP contribution in [0.1, 0.15) is 0 Å². The minimum Gasteiger partial charge on any atom is -0.496 e. The van der Waals surface area contributed by atoms with Gasteiger partial charge in [-0.1, -0.05) is 38.9 Å². The van der Waals surface area contributed by atoms with Crippen molar-refractivity contribution in [3.05, 3.63) is 70.4 Å². The summed E-state index contributed by atoms with van der Waals surface area (Å²) in [6.07, 6.45) is 3.52. The monoisotopic (exact) mass is 472 g/mol. The third-order valence-corrected chi connectivity index (χ3v) is 5.59. The van der Waals surface area contributed by atoms with Crippen molar-refractivity contribution in [1.82, 2.24) is 15.2 Å². The van der Waals surface area contributed by atoms with Crippen molar-refractivity contribution < 1.29 is 4.74 Å². The van der Waals surface area contributed by atoms with E-state index in [0.29, 0.717) is 10.2 Å². The number of nitrogens with one attached hydrogen (secondary N) is 1. The van der Waals surface area contributed by atoms with E-state index in [4.69, 9.17) is 16.3 Å². The lowest BCUT2D eigenvalue weighted by atomic mass is 10.00. The molecule has 2 aromatic heterocycles. The van der Waals surface area contributed by atoms with Crippen LogP contribution in [0, 0.1) is 0 Å². The fraction of sp³-hybridized carbons (Fsp3) is 0.0500. The molecular formula is C20H14BrClN4OS. The van der Waals surface area contributed by atoms with Gasteiger partial charge < -0.3 is 10.1 Å². The molecule has 4 rings (SSSR count). The van der Waals surface area contributed by atoms with Gasteiger partial charge in [0, 0.05) is 38.7 Å². The van der Waals surface area contributed by atoms with Gasteiger partial charge in [0.1, 0.15) is 10.8 Å². The standard InChI is InChI=1S/C20H14BrClN4OS/c1-27-17-11-13(21)10-16(18(17)12-6-8-23-9-7-12)19-25-26-20(28-19)24-15-4-2-14(22)3-5-15/h2-11H,1H3,(H,24,26). The highest BCUT2D eigenvalue weighted by molar-refractivity contribution is 9.10. The number of aromatic nitrogens is 3. The molecule has 28 heavy (non-hydrogen) atoms. The van der Waals surface area contributed by atoms with Gasteiger partial charge in [-0.05, 0) is 54.1 Å². The maximum Gasteiger partial charge on any atom is 0.210 e. The number of halogens is 2. The second-order valence-electron chi connectivity index (χ2n) is 5.81. The number of hydrogen-bond acceptors (Lipinski definition) is 6. The molecule has 1 N–H and O–H groups in total. The second-order valence-corrected chi connectivity index (χ2v) is 8.14. The molecule has 140 valence electrons. The van der Waals surface area contributed by atoms with Gasteiger partial charge in [-0.15, -0.1) is 10.2 Å². The van der Waals surface area contributed by atoms with Crippen LogP contribution in [0.25, 0.3) is 21.7 Å². The highest BCUT2D eigenvalue weighted by Crippen LogP contribution is 2.43. The molecule has 0 atom stereocenters. The van der Waals surface area contributed by atoms with Crippen LogP contribution in [-0.2, 0) is 0 Å². The third kappa shape index (κ3) is 4.01. The van der Waals surface area contributed by atoms with Crippen LogP contribution in [0.3, 0.4) is 0 Å². The normalized spacial score (nSPS) is 10.7. The first-order valence-electron chi connectivity index (χ1n) is 8.28. The molecular weight excluding hydrogens is 460 g/mol. The number of ether oxygens (including phenoxy) is 1. The van der Waals surface area contributed by atoms with E-state index in [1.54, 1.807) is 19.5 Å². The third-order valence-electron chi connectivity index (χ3n) is 4.01. The quantitative estimate of drug-likeness (QED) is 0.362. The van der Waals surface area contributed by atoms with Crippen molar-refractivity contribution in [3.8, 4) is 27.4 Å². The summed E-state index contributed by atoms with van der Waals surface area (Å²) in [5.41, 5.74) is 3.77. The molecule has 0 saturated carbocycles. The van der Waals surface area contributed by atoms with Crippen molar-refractivity contribution in [2.75, 3.05) is 12.4 Å². The summed E-state index contributed by atoms with van der Waals surface area (Å²) in [6.45, 7) is 0. The predicted molar refractivity (Wildman–Crippen MR) is 118 cm³/mol. The molecule has 5 nitrogen and oxygen atoms in total. The Morgan fingerprint density at radius 1 is 1.04 bits per heavy atom. The molecule has 2 heterocycles. The van der Waals surface area contributed by atoms with Crippen LogP contribution in [0.5, 0.6) is 5.75 Å². The fourth-order valence-electron chi connectivity index (χ4n) is 2.77. The first kappa shape index (κ1) is 18.9. The number of rotatable bonds is 5. The van der Waals surface area contributed by atoms with E-state index in [1.165, 1.54) is 11.3 Å². The lowest BCUT2D eigenvalue weighted by molar-refractivity contribution is 0.416. The van der Waals surface area contributed by atoms with Crippen molar-refractivity contribution in [2.45, 2.75) is 0 Å². The van der Waals surface area contributed by atoms with Crippen LogP contribution in [0.2, 0.25) is 5.02 Å². The summed E-state index contributed by atoms with van der Waals surface area (Å²) in [4.78, 5) is 4.11. The van der Waals surface area contributed by atoms with E-state index in [-0.39, 0.29) is 0 Å². The highest BCUT2D eigenvalue weighted by atomic mass is 79.9. The minimum atomic E-state index is 0.687. The van der Waals surface area contributed by atoms with Gasteiger partial charge in [0.2, 0.25) is 5.13 Å². The van der Waals surface area contributed by atoms with Gasteiger partial charge in [-0.25, -0.2) is 0 Å². The summed E-state index contributed by atoms with van der Waals surface area (Å²) in [6, 6.07) is 15.3. The largest absolute Gasteiger partial charge is 0.496 e. The van der Waals surface area contributed by atoms with Crippen molar-refractivity contribution in [2.24, 2.45) is 0 Å². The summed E-state index contributed by atoms with van der Waals surface area (Å²) >= 11 is 11.0. The summed E-state index contributed by atoms with van der Waals surface area (Å²) in [5, 5.41) is 14.1. The topological polar surface area (TPSA) is 59.9 Å². The molecule has 0 unspecified atom stereocenters. The smallest absolute Gasteiger partial charge is 0.210 e. The maximum absolute atomic E-state index is 5.94. The molecule has 8 heteroatoms. The second kappa shape index (κ2) is 8.26. The van der Waals surface area contributed by atoms with Gasteiger partial charge in [0.05, 0.1) is 7.11 Å². The number of anilines is 2. The van der Waals surface area contributed by atoms with Crippen molar-refractivity contribution in [1.29, 1.82) is 0 Å². The molecule has 2 aromatic carbocycles. The molecule has 0 bridgehead atoms. The number of hydrogen-bond donors (Lipinski definition) is 1. The van der Waals surface area contributed by atoms with Crippen LogP contribution in [0.15, 0.2) is 65.4 Å². The Morgan fingerprint density at radius 3 is 2.50 bits per heavy atom. The average molecular weight is 474 g/mol. The molecule has 0 spiro atoms. The Morgan fingerprint density at radius 2 is 1.79 bits per heavy atom. The molecule has 0 aliphatic rings. The Balaban J connectivity index is 1.76. The van der Waals surface area contributed by atoms with Crippen molar-refractivity contribution >= 4 is 49.7 Å². The molecule has 4 aromatic rings. The Hall–Kier alpha value is -2.48. The number of benzene rings is 2. The first-order valence-corrected chi connectivity index (χ1v) is 10.3. The van der Waals surface area contributed by atoms with Crippen LogP contribution in [-0.4, -0.2) is 22.3 Å². The number of nitrogens with zero attached hydrogens (tertiary/aromatic N) is 3. The molecule has 0 saturated heterocycles. The number of pyridine rings is 1. The Kier molecular flexibility index (Phi) is 5.57. The lowest BCUT2D eigenvalue weighted by Gasteiger charge is -2.13. The zero-order valence-corrected chi connectivity index (χ0v) is 17.8. The van der Waals surface area contributed by atoms with Crippen LogP contribution < -0.4 is 10.1 Å². The lowest BCUT2D eigenvalue weighted by Crippen LogP contribution is -1.92. The van der Waals surface area contributed by atoms with Crippen molar-refractivity contribution in [3.63, 3.8) is 0 Å². The summed E-state index contributed by atoms with van der Waals surface area (Å²) < 4.78 is 6.54. The molecule has 0 amide bonds. The fourth-order valence-corrected chi connectivity index (χ4v) is 4.12. The molecule has 0 fully saturated rings. The molecule has 0 aliphatic heterocycles. The minimum absolute atomic E-state index is 0.687. The van der Waals surface area contributed by atoms with E-state index < -0.39 is 0 Å². The Bertz CT molecular complexity index is 1100. The molecule has 0 radical (unpaired) electrons. The predicted octanol–water partition coefficient (Wildman–Crippen LogP) is 6.44. The van der Waals surface area contributed by atoms with Gasteiger partial charge in [-0.3, -0.25) is 4.98 Å². The Labute approximate surface area is 179 Å². The van der Waals surface area contributed by atoms with Gasteiger partial charge >= 0.3 is 0 Å². The zero-order valence-electron chi connectivity index (χ0n) is 14.7. The molecule has 0 aliphatic carbocycles. The average Bonchev–Trinajstić information content (AvgIpc) is 3.18. The highest BCUT2D eigenvalue weighted by Gasteiger charge is 2.18. The first-order chi connectivity index (χ1) is 13.6. The van der Waals surface area contributed by atoms with Gasteiger partial charge in [0.25, 0.3) is 0 Å². The van der Waals surface area contributed by atoms with E-state index >= 15 is 0 Å². The summed E-state index contributed by atoms with van der Waals surface area (Å²) in [7, 11) is 1.66. The summed E-state index contributed by atoms with van der Waals surface area (Å²) in [5.74, 6) is 0.748. The van der Waals surface area contributed by atoms with Gasteiger partial charge in [0.15, 0.2) is 0 Å². The maximum atomic E-state index is 5.94. The number of methoxy groups -OCH3 is 1. The zero-order chi connectivity index (χ0) is 19.5. The van der Waals surface area contributed by atoms with Crippen LogP contribution in [0.4, 0.5) is 10.8 Å².